The molecule has 0 aromatic heterocycles. The van der Waals surface area contributed by atoms with Crippen molar-refractivity contribution < 1.29 is 13.6 Å². The number of carbonyl (C=O) groups is 1. The van der Waals surface area contributed by atoms with Crippen molar-refractivity contribution in [1.29, 1.82) is 0 Å². The molecule has 1 spiro atoms. The number of rotatable bonds is 0. The summed E-state index contributed by atoms with van der Waals surface area (Å²) < 4.78 is 27.4. The molecule has 0 radical (unpaired) electrons. The number of benzene rings is 1. The van der Waals surface area contributed by atoms with Gasteiger partial charge in [-0.05, 0) is 40.4 Å². The summed E-state index contributed by atoms with van der Waals surface area (Å²) in [6, 6.07) is 5.55. The van der Waals surface area contributed by atoms with Crippen molar-refractivity contribution in [2.24, 2.45) is 0 Å². The molecule has 0 unspecified atom stereocenters. The molecule has 0 atom stereocenters. The van der Waals surface area contributed by atoms with Crippen LogP contribution in [0.15, 0.2) is 22.7 Å². The highest BCUT2D eigenvalue weighted by Gasteiger charge is 2.52. The first-order valence-electron chi connectivity index (χ1n) is 5.93. The van der Waals surface area contributed by atoms with Crippen LogP contribution in [0.25, 0.3) is 0 Å². The maximum Gasteiger partial charge on any atom is 0.248 e. The number of para-hydroxylation sites is 1. The zero-order chi connectivity index (χ0) is 13.0. The Hall–Kier alpha value is -0.970. The highest BCUT2D eigenvalue weighted by molar-refractivity contribution is 9.10. The van der Waals surface area contributed by atoms with Crippen molar-refractivity contribution in [1.82, 2.24) is 0 Å². The first-order valence-corrected chi connectivity index (χ1v) is 6.72. The number of amides is 1. The van der Waals surface area contributed by atoms with E-state index in [1.165, 1.54) is 0 Å². The summed E-state index contributed by atoms with van der Waals surface area (Å²) in [5.74, 6) is -2.76. The second-order valence-electron chi connectivity index (χ2n) is 5.05. The van der Waals surface area contributed by atoms with Crippen molar-refractivity contribution in [3.63, 3.8) is 0 Å². The third kappa shape index (κ3) is 1.60. The van der Waals surface area contributed by atoms with Crippen LogP contribution >= 0.6 is 15.9 Å². The number of hydrogen-bond acceptors (Lipinski definition) is 1. The second-order valence-corrected chi connectivity index (χ2v) is 5.91. The molecule has 2 aliphatic rings. The predicted octanol–water partition coefficient (Wildman–Crippen LogP) is 3.85. The molecule has 1 heterocycles. The van der Waals surface area contributed by atoms with Gasteiger partial charge in [0.25, 0.3) is 0 Å². The van der Waals surface area contributed by atoms with Crippen molar-refractivity contribution in [2.75, 3.05) is 5.32 Å². The average Bonchev–Trinajstić information content (AvgIpc) is 2.59. The number of anilines is 1. The molecule has 2 nitrogen and oxygen atoms in total. The van der Waals surface area contributed by atoms with Gasteiger partial charge in [0, 0.05) is 17.3 Å². The Morgan fingerprint density at radius 3 is 2.50 bits per heavy atom. The van der Waals surface area contributed by atoms with E-state index in [1.807, 2.05) is 18.2 Å². The number of fused-ring (bicyclic) bond motifs is 2. The molecule has 5 heteroatoms. The molecule has 1 amide bonds. The van der Waals surface area contributed by atoms with Gasteiger partial charge in [-0.1, -0.05) is 12.1 Å². The summed E-state index contributed by atoms with van der Waals surface area (Å²) in [7, 11) is 0. The summed E-state index contributed by atoms with van der Waals surface area (Å²) in [4.78, 5) is 12.2. The van der Waals surface area contributed by atoms with Gasteiger partial charge >= 0.3 is 0 Å². The Morgan fingerprint density at radius 2 is 1.83 bits per heavy atom. The predicted molar refractivity (Wildman–Crippen MR) is 67.9 cm³/mol. The molecule has 3 rings (SSSR count). The second kappa shape index (κ2) is 3.76. The number of hydrogen-bond donors (Lipinski definition) is 1. The van der Waals surface area contributed by atoms with Crippen LogP contribution in [0.5, 0.6) is 0 Å². The van der Waals surface area contributed by atoms with Crippen molar-refractivity contribution >= 4 is 27.5 Å². The SMILES string of the molecule is O=C1Nc2c(Br)cccc2C12CCC(F)(F)CC2. The van der Waals surface area contributed by atoms with Crippen LogP contribution in [0.1, 0.15) is 31.2 Å². The van der Waals surface area contributed by atoms with E-state index in [-0.39, 0.29) is 31.6 Å². The van der Waals surface area contributed by atoms with E-state index < -0.39 is 11.3 Å². The first kappa shape index (κ1) is 12.1. The monoisotopic (exact) mass is 315 g/mol. The maximum atomic E-state index is 13.3. The lowest BCUT2D eigenvalue weighted by Gasteiger charge is -2.35. The number of carbonyl (C=O) groups excluding carboxylic acids is 1. The van der Waals surface area contributed by atoms with Crippen molar-refractivity contribution in [2.45, 2.75) is 37.0 Å². The van der Waals surface area contributed by atoms with Crippen molar-refractivity contribution in [3.05, 3.63) is 28.2 Å². The van der Waals surface area contributed by atoms with Crippen LogP contribution in [-0.4, -0.2) is 11.8 Å². The lowest BCUT2D eigenvalue weighted by Crippen LogP contribution is -2.41. The normalized spacial score (nSPS) is 23.8. The van der Waals surface area contributed by atoms with Gasteiger partial charge in [0.1, 0.15) is 0 Å². The maximum absolute atomic E-state index is 13.3. The van der Waals surface area contributed by atoms with Gasteiger partial charge in [-0.25, -0.2) is 8.78 Å². The Kier molecular flexibility index (Phi) is 2.52. The van der Waals surface area contributed by atoms with Crippen LogP contribution in [-0.2, 0) is 10.2 Å². The molecule has 1 fully saturated rings. The zero-order valence-electron chi connectivity index (χ0n) is 9.60. The van der Waals surface area contributed by atoms with Gasteiger partial charge in [-0.15, -0.1) is 0 Å². The largest absolute Gasteiger partial charge is 0.324 e. The number of halogens is 3. The smallest absolute Gasteiger partial charge is 0.248 e. The Balaban J connectivity index is 2.05. The fourth-order valence-corrected chi connectivity index (χ4v) is 3.41. The van der Waals surface area contributed by atoms with Crippen LogP contribution < -0.4 is 5.32 Å². The van der Waals surface area contributed by atoms with Gasteiger partial charge in [-0.2, -0.15) is 0 Å². The minimum Gasteiger partial charge on any atom is -0.324 e. The highest BCUT2D eigenvalue weighted by atomic mass is 79.9. The highest BCUT2D eigenvalue weighted by Crippen LogP contribution is 2.52. The van der Waals surface area contributed by atoms with Gasteiger partial charge in [0.15, 0.2) is 0 Å². The lowest BCUT2D eigenvalue weighted by atomic mass is 9.69. The molecule has 1 aromatic carbocycles. The average molecular weight is 316 g/mol. The third-order valence-corrected chi connectivity index (χ3v) is 4.70. The minimum absolute atomic E-state index is 0.139. The molecule has 1 aromatic rings. The van der Waals surface area contributed by atoms with E-state index in [4.69, 9.17) is 0 Å². The minimum atomic E-state index is -2.62. The molecule has 0 bridgehead atoms. The van der Waals surface area contributed by atoms with E-state index in [1.54, 1.807) is 0 Å². The third-order valence-electron chi connectivity index (χ3n) is 4.04. The summed E-state index contributed by atoms with van der Waals surface area (Å²) in [5, 5.41) is 2.82. The van der Waals surface area contributed by atoms with Crippen LogP contribution in [0.2, 0.25) is 0 Å². The van der Waals surface area contributed by atoms with Crippen molar-refractivity contribution in [3.8, 4) is 0 Å². The Morgan fingerprint density at radius 1 is 1.17 bits per heavy atom. The Bertz CT molecular complexity index is 520. The van der Waals surface area contributed by atoms with E-state index in [9.17, 15) is 13.6 Å². The van der Waals surface area contributed by atoms with Gasteiger partial charge in [-0.3, -0.25) is 4.79 Å². The number of nitrogens with one attached hydrogen (secondary N) is 1. The van der Waals surface area contributed by atoms with Gasteiger partial charge in [0.05, 0.1) is 11.1 Å². The summed E-state index contributed by atoms with van der Waals surface area (Å²) >= 11 is 3.38. The van der Waals surface area contributed by atoms with E-state index in [0.29, 0.717) is 0 Å². The molecule has 1 saturated carbocycles. The summed E-state index contributed by atoms with van der Waals surface area (Å²) in [5.41, 5.74) is 0.853. The fraction of sp³-hybridized carbons (Fsp3) is 0.462. The molecule has 1 aliphatic heterocycles. The van der Waals surface area contributed by atoms with E-state index in [2.05, 4.69) is 21.2 Å². The molecule has 0 saturated heterocycles. The lowest BCUT2D eigenvalue weighted by molar-refractivity contribution is -0.125. The van der Waals surface area contributed by atoms with Gasteiger partial charge in [0.2, 0.25) is 11.8 Å². The quantitative estimate of drug-likeness (QED) is 0.774. The van der Waals surface area contributed by atoms with Crippen LogP contribution in [0.4, 0.5) is 14.5 Å². The molecular formula is C13H12BrF2NO. The van der Waals surface area contributed by atoms with Crippen LogP contribution in [0, 0.1) is 0 Å². The summed E-state index contributed by atoms with van der Waals surface area (Å²) in [6.07, 6.45) is 0.00329. The van der Waals surface area contributed by atoms with Crippen LogP contribution in [0.3, 0.4) is 0 Å². The van der Waals surface area contributed by atoms with E-state index >= 15 is 0 Å². The molecular weight excluding hydrogens is 304 g/mol. The molecule has 18 heavy (non-hydrogen) atoms. The standard InChI is InChI=1S/C13H12BrF2NO/c14-9-3-1-2-8-10(9)17-11(18)12(8)4-6-13(15,16)7-5-12/h1-3H,4-7H2,(H,17,18). The molecule has 1 N–H and O–H groups in total. The number of alkyl halides is 2. The molecule has 96 valence electrons. The fourth-order valence-electron chi connectivity index (χ4n) is 2.94. The first-order chi connectivity index (χ1) is 8.45. The molecule has 1 aliphatic carbocycles. The Labute approximate surface area is 112 Å². The summed E-state index contributed by atoms with van der Waals surface area (Å²) in [6.45, 7) is 0. The van der Waals surface area contributed by atoms with Gasteiger partial charge < -0.3 is 5.32 Å². The topological polar surface area (TPSA) is 29.1 Å². The zero-order valence-corrected chi connectivity index (χ0v) is 11.2. The van der Waals surface area contributed by atoms with E-state index in [0.717, 1.165) is 15.7 Å².